The van der Waals surface area contributed by atoms with Crippen LogP contribution in [-0.2, 0) is 13.6 Å². The topological polar surface area (TPSA) is 55.8 Å². The van der Waals surface area contributed by atoms with Gasteiger partial charge in [-0.25, -0.2) is 0 Å². The molecule has 1 N–H and O–H groups in total. The molecule has 0 aromatic carbocycles. The highest BCUT2D eigenvalue weighted by molar-refractivity contribution is 7.54. The Kier molecular flexibility index (Phi) is 6.80. The summed E-state index contributed by atoms with van der Waals surface area (Å²) in [7, 11) is -3.42. The van der Waals surface area contributed by atoms with Crippen LogP contribution in [0.15, 0.2) is 0 Å². The van der Waals surface area contributed by atoms with Gasteiger partial charge in [-0.15, -0.1) is 0 Å². The monoisotopic (exact) mass is 252 g/mol. The van der Waals surface area contributed by atoms with Crippen LogP contribution in [0, 0.1) is 5.92 Å². The van der Waals surface area contributed by atoms with E-state index in [0.29, 0.717) is 6.42 Å². The smallest absolute Gasteiger partial charge is 0.359 e. The molecule has 0 fully saturated rings. The highest BCUT2D eigenvalue weighted by Crippen LogP contribution is 2.55. The third kappa shape index (κ3) is 6.00. The van der Waals surface area contributed by atoms with E-state index in [1.165, 1.54) is 0 Å². The van der Waals surface area contributed by atoms with E-state index >= 15 is 0 Å². The Labute approximate surface area is 98.9 Å². The summed E-state index contributed by atoms with van der Waals surface area (Å²) in [5.74, 6) is -0.799. The molecule has 0 aliphatic carbocycles. The lowest BCUT2D eigenvalue weighted by Crippen LogP contribution is -2.19. The van der Waals surface area contributed by atoms with Gasteiger partial charge in [0.15, 0.2) is 5.85 Å². The summed E-state index contributed by atoms with van der Waals surface area (Å²) in [5, 5.41) is 9.92. The molecule has 0 aliphatic heterocycles. The van der Waals surface area contributed by atoms with Crippen LogP contribution < -0.4 is 0 Å². The van der Waals surface area contributed by atoms with Gasteiger partial charge in [0.2, 0.25) is 0 Å². The third-order valence-electron chi connectivity index (χ3n) is 1.76. The maximum atomic E-state index is 12.4. The van der Waals surface area contributed by atoms with Crippen molar-refractivity contribution >= 4 is 7.60 Å². The minimum Gasteiger partial charge on any atom is -0.380 e. The lowest BCUT2D eigenvalue weighted by molar-refractivity contribution is 0.0938. The molecule has 4 nitrogen and oxygen atoms in total. The second kappa shape index (κ2) is 6.75. The van der Waals surface area contributed by atoms with Crippen molar-refractivity contribution in [2.75, 3.05) is 0 Å². The third-order valence-corrected chi connectivity index (χ3v) is 4.13. The van der Waals surface area contributed by atoms with Crippen molar-refractivity contribution in [2.45, 2.75) is 66.0 Å². The number of rotatable bonds is 7. The first kappa shape index (κ1) is 16.1. The maximum absolute atomic E-state index is 12.4. The first-order valence-corrected chi connectivity index (χ1v) is 7.43. The second-order valence-corrected chi connectivity index (χ2v) is 7.06. The van der Waals surface area contributed by atoms with Gasteiger partial charge in [-0.2, -0.15) is 0 Å². The molecule has 0 aliphatic rings. The van der Waals surface area contributed by atoms with Crippen molar-refractivity contribution < 1.29 is 18.7 Å². The number of aliphatic hydroxyl groups excluding tert-OH is 1. The van der Waals surface area contributed by atoms with E-state index in [1.54, 1.807) is 27.7 Å². The molecule has 0 saturated carbocycles. The molecule has 0 radical (unpaired) electrons. The number of hydrogen-bond acceptors (Lipinski definition) is 4. The Balaban J connectivity index is 4.70. The van der Waals surface area contributed by atoms with Crippen LogP contribution in [0.1, 0.15) is 48.0 Å². The first-order valence-electron chi connectivity index (χ1n) is 5.82. The minimum atomic E-state index is -3.42. The van der Waals surface area contributed by atoms with Gasteiger partial charge in [0, 0.05) is 0 Å². The van der Waals surface area contributed by atoms with Crippen LogP contribution >= 0.6 is 7.60 Å². The van der Waals surface area contributed by atoms with Gasteiger partial charge < -0.3 is 14.2 Å². The Morgan fingerprint density at radius 1 is 1.00 bits per heavy atom. The summed E-state index contributed by atoms with van der Waals surface area (Å²) in [6.07, 6.45) is -0.0470. The molecular weight excluding hydrogens is 227 g/mol. The molecule has 0 spiro atoms. The highest BCUT2D eigenvalue weighted by Gasteiger charge is 2.36. The fourth-order valence-corrected chi connectivity index (χ4v) is 3.49. The largest absolute Gasteiger partial charge is 0.380 e. The van der Waals surface area contributed by atoms with Crippen molar-refractivity contribution in [3.63, 3.8) is 0 Å². The maximum Gasteiger partial charge on any atom is 0.359 e. The quantitative estimate of drug-likeness (QED) is 0.705. The predicted molar refractivity (Wildman–Crippen MR) is 65.5 cm³/mol. The molecule has 0 amide bonds. The second-order valence-electron chi connectivity index (χ2n) is 4.96. The Morgan fingerprint density at radius 3 is 1.62 bits per heavy atom. The van der Waals surface area contributed by atoms with E-state index in [0.717, 1.165) is 0 Å². The molecule has 98 valence electrons. The molecule has 0 aromatic heterocycles. The molecule has 0 saturated heterocycles. The summed E-state index contributed by atoms with van der Waals surface area (Å²) >= 11 is 0. The van der Waals surface area contributed by atoms with Gasteiger partial charge in [-0.1, -0.05) is 13.8 Å². The van der Waals surface area contributed by atoms with Crippen LogP contribution in [0.5, 0.6) is 0 Å². The SMILES string of the molecule is CC(C)CC(O)P(=O)(OC(C)C)OC(C)C. The summed E-state index contributed by atoms with van der Waals surface area (Å²) in [4.78, 5) is 0. The molecule has 5 heteroatoms. The molecule has 1 unspecified atom stereocenters. The molecule has 0 bridgehead atoms. The van der Waals surface area contributed by atoms with Gasteiger partial charge in [-0.3, -0.25) is 4.57 Å². The summed E-state index contributed by atoms with van der Waals surface area (Å²) in [6.45, 7) is 11.0. The van der Waals surface area contributed by atoms with Gasteiger partial charge in [-0.05, 0) is 40.0 Å². The zero-order valence-corrected chi connectivity index (χ0v) is 12.0. The number of aliphatic hydroxyl groups is 1. The van der Waals surface area contributed by atoms with Gasteiger partial charge in [0.25, 0.3) is 0 Å². The normalized spacial score (nSPS) is 15.1. The minimum absolute atomic E-state index is 0.230. The summed E-state index contributed by atoms with van der Waals surface area (Å²) < 4.78 is 23.0. The number of hydrogen-bond donors (Lipinski definition) is 1. The lowest BCUT2D eigenvalue weighted by atomic mass is 10.1. The van der Waals surface area contributed by atoms with E-state index in [9.17, 15) is 9.67 Å². The van der Waals surface area contributed by atoms with Gasteiger partial charge in [0.05, 0.1) is 12.2 Å². The molecule has 0 heterocycles. The predicted octanol–water partition coefficient (Wildman–Crippen LogP) is 3.39. The summed E-state index contributed by atoms with van der Waals surface area (Å²) in [5.41, 5.74) is 0. The highest BCUT2D eigenvalue weighted by atomic mass is 31.2. The van der Waals surface area contributed by atoms with Crippen LogP contribution in [0.25, 0.3) is 0 Å². The van der Waals surface area contributed by atoms with Crippen LogP contribution in [0.3, 0.4) is 0 Å². The Bertz CT molecular complexity index is 224. The fourth-order valence-electron chi connectivity index (χ4n) is 1.30. The zero-order valence-electron chi connectivity index (χ0n) is 11.1. The van der Waals surface area contributed by atoms with E-state index in [-0.39, 0.29) is 18.1 Å². The molecule has 0 rings (SSSR count). The molecule has 1 atom stereocenters. The zero-order chi connectivity index (χ0) is 12.9. The Hall–Kier alpha value is 0.110. The van der Waals surface area contributed by atoms with E-state index in [1.807, 2.05) is 13.8 Å². The van der Waals surface area contributed by atoms with E-state index in [2.05, 4.69) is 0 Å². The van der Waals surface area contributed by atoms with E-state index in [4.69, 9.17) is 9.05 Å². The van der Waals surface area contributed by atoms with Crippen molar-refractivity contribution in [3.05, 3.63) is 0 Å². The molecule has 0 aromatic rings. The van der Waals surface area contributed by atoms with Crippen LogP contribution in [0.4, 0.5) is 0 Å². The lowest BCUT2D eigenvalue weighted by Gasteiger charge is -2.27. The van der Waals surface area contributed by atoms with Crippen molar-refractivity contribution in [2.24, 2.45) is 5.92 Å². The summed E-state index contributed by atoms with van der Waals surface area (Å²) in [6, 6.07) is 0. The standard InChI is InChI=1S/C11H25O4P/c1-8(2)7-11(12)16(13,14-9(3)4)15-10(5)6/h8-12H,7H2,1-6H3. The first-order chi connectivity index (χ1) is 7.17. The molecule has 16 heavy (non-hydrogen) atoms. The fraction of sp³-hybridized carbons (Fsp3) is 1.00. The van der Waals surface area contributed by atoms with Gasteiger partial charge >= 0.3 is 7.60 Å². The van der Waals surface area contributed by atoms with Gasteiger partial charge in [0.1, 0.15) is 0 Å². The Morgan fingerprint density at radius 2 is 1.38 bits per heavy atom. The van der Waals surface area contributed by atoms with E-state index < -0.39 is 13.4 Å². The van der Waals surface area contributed by atoms with Crippen molar-refractivity contribution in [1.29, 1.82) is 0 Å². The van der Waals surface area contributed by atoms with Crippen molar-refractivity contribution in [3.8, 4) is 0 Å². The van der Waals surface area contributed by atoms with Crippen LogP contribution in [0.2, 0.25) is 0 Å². The average Bonchev–Trinajstić information content (AvgIpc) is 1.98. The molecular formula is C11H25O4P. The van der Waals surface area contributed by atoms with Crippen molar-refractivity contribution in [1.82, 2.24) is 0 Å². The van der Waals surface area contributed by atoms with Crippen LogP contribution in [-0.4, -0.2) is 23.2 Å². The average molecular weight is 252 g/mol.